The number of para-hydroxylation sites is 2. The van der Waals surface area contributed by atoms with Gasteiger partial charge in [0, 0.05) is 12.3 Å². The summed E-state index contributed by atoms with van der Waals surface area (Å²) in [7, 11) is -2.92. The third-order valence-electron chi connectivity index (χ3n) is 2.36. The van der Waals surface area contributed by atoms with Crippen LogP contribution in [0.5, 0.6) is 5.75 Å². The Hall–Kier alpha value is -1.23. The zero-order valence-corrected chi connectivity index (χ0v) is 11.1. The first-order chi connectivity index (χ1) is 8.09. The number of benzene rings is 1. The summed E-state index contributed by atoms with van der Waals surface area (Å²) in [4.78, 5) is 0. The van der Waals surface area contributed by atoms with Gasteiger partial charge >= 0.3 is 0 Å². The van der Waals surface area contributed by atoms with Crippen molar-refractivity contribution in [1.82, 2.24) is 0 Å². The molecule has 1 aromatic rings. The molecule has 0 aliphatic rings. The minimum atomic E-state index is -2.92. The van der Waals surface area contributed by atoms with Gasteiger partial charge < -0.3 is 10.1 Å². The topological polar surface area (TPSA) is 55.4 Å². The highest BCUT2D eigenvalue weighted by molar-refractivity contribution is 7.91. The molecule has 96 valence electrons. The van der Waals surface area contributed by atoms with Crippen molar-refractivity contribution in [2.45, 2.75) is 13.8 Å². The lowest BCUT2D eigenvalue weighted by atomic mass is 10.3. The van der Waals surface area contributed by atoms with Gasteiger partial charge in [-0.2, -0.15) is 0 Å². The van der Waals surface area contributed by atoms with Crippen molar-refractivity contribution in [1.29, 1.82) is 0 Å². The van der Waals surface area contributed by atoms with Crippen LogP contribution in [0, 0.1) is 0 Å². The first kappa shape index (κ1) is 13.8. The Balaban J connectivity index is 2.57. The van der Waals surface area contributed by atoms with Crippen molar-refractivity contribution in [3.63, 3.8) is 0 Å². The van der Waals surface area contributed by atoms with Gasteiger partial charge in [-0.15, -0.1) is 0 Å². The van der Waals surface area contributed by atoms with E-state index in [9.17, 15) is 8.42 Å². The van der Waals surface area contributed by atoms with Crippen molar-refractivity contribution in [2.24, 2.45) is 0 Å². The fraction of sp³-hybridized carbons (Fsp3) is 0.500. The summed E-state index contributed by atoms with van der Waals surface area (Å²) in [6, 6.07) is 7.52. The molecule has 0 saturated carbocycles. The smallest absolute Gasteiger partial charge is 0.151 e. The maximum atomic E-state index is 11.3. The number of sulfone groups is 1. The van der Waals surface area contributed by atoms with Crippen LogP contribution in [0.2, 0.25) is 0 Å². The van der Waals surface area contributed by atoms with Gasteiger partial charge in [-0.3, -0.25) is 0 Å². The molecule has 0 unspecified atom stereocenters. The van der Waals surface area contributed by atoms with E-state index in [4.69, 9.17) is 4.74 Å². The van der Waals surface area contributed by atoms with Crippen LogP contribution in [0.15, 0.2) is 24.3 Å². The lowest BCUT2D eigenvalue weighted by Gasteiger charge is -2.11. The van der Waals surface area contributed by atoms with Crippen LogP contribution < -0.4 is 10.1 Å². The van der Waals surface area contributed by atoms with Gasteiger partial charge in [-0.05, 0) is 19.1 Å². The predicted octanol–water partition coefficient (Wildman–Crippen LogP) is 1.93. The van der Waals surface area contributed by atoms with Gasteiger partial charge in [0.15, 0.2) is 9.84 Å². The van der Waals surface area contributed by atoms with E-state index >= 15 is 0 Å². The van der Waals surface area contributed by atoms with E-state index in [2.05, 4.69) is 5.32 Å². The van der Waals surface area contributed by atoms with Crippen LogP contribution in [0.3, 0.4) is 0 Å². The highest BCUT2D eigenvalue weighted by Crippen LogP contribution is 2.23. The average molecular weight is 257 g/mol. The van der Waals surface area contributed by atoms with Crippen LogP contribution >= 0.6 is 0 Å². The molecule has 0 radical (unpaired) electrons. The Morgan fingerprint density at radius 2 is 1.94 bits per heavy atom. The molecule has 17 heavy (non-hydrogen) atoms. The summed E-state index contributed by atoms with van der Waals surface area (Å²) in [6.07, 6.45) is 0. The molecule has 1 rings (SSSR count). The predicted molar refractivity (Wildman–Crippen MR) is 70.4 cm³/mol. The molecule has 0 spiro atoms. The minimum absolute atomic E-state index is 0.143. The number of rotatable bonds is 7. The second-order valence-electron chi connectivity index (χ2n) is 3.59. The van der Waals surface area contributed by atoms with Crippen LogP contribution in [0.4, 0.5) is 5.69 Å². The summed E-state index contributed by atoms with van der Waals surface area (Å²) in [5, 5.41) is 3.08. The fourth-order valence-electron chi connectivity index (χ4n) is 1.38. The molecule has 5 heteroatoms. The Labute approximate surface area is 103 Å². The van der Waals surface area contributed by atoms with E-state index in [1.807, 2.05) is 31.2 Å². The molecule has 1 aromatic carbocycles. The molecule has 0 aromatic heterocycles. The molecule has 0 fully saturated rings. The third kappa shape index (κ3) is 4.65. The van der Waals surface area contributed by atoms with Gasteiger partial charge in [0.05, 0.1) is 18.0 Å². The SMILES string of the molecule is CCOc1ccccc1NCCS(=O)(=O)CC. The zero-order chi connectivity index (χ0) is 12.7. The average Bonchev–Trinajstić information content (AvgIpc) is 2.31. The number of hydrogen-bond donors (Lipinski definition) is 1. The number of hydrogen-bond acceptors (Lipinski definition) is 4. The molecule has 0 aliphatic carbocycles. The lowest BCUT2D eigenvalue weighted by molar-refractivity contribution is 0.342. The van der Waals surface area contributed by atoms with Gasteiger partial charge in [0.25, 0.3) is 0 Å². The highest BCUT2D eigenvalue weighted by atomic mass is 32.2. The Bertz CT molecular complexity index is 443. The minimum Gasteiger partial charge on any atom is -0.492 e. The van der Waals surface area contributed by atoms with Crippen LogP contribution in [-0.4, -0.2) is 33.1 Å². The highest BCUT2D eigenvalue weighted by Gasteiger charge is 2.07. The molecule has 4 nitrogen and oxygen atoms in total. The maximum Gasteiger partial charge on any atom is 0.151 e. The van der Waals surface area contributed by atoms with E-state index in [1.165, 1.54) is 0 Å². The molecule has 1 N–H and O–H groups in total. The van der Waals surface area contributed by atoms with Gasteiger partial charge in [0.2, 0.25) is 0 Å². The monoisotopic (exact) mass is 257 g/mol. The second kappa shape index (κ2) is 6.49. The summed E-state index contributed by atoms with van der Waals surface area (Å²) in [5.74, 6) is 1.08. The maximum absolute atomic E-state index is 11.3. The van der Waals surface area contributed by atoms with E-state index in [0.29, 0.717) is 13.2 Å². The molecule has 0 bridgehead atoms. The molecular weight excluding hydrogens is 238 g/mol. The zero-order valence-electron chi connectivity index (χ0n) is 10.3. The molecular formula is C12H19NO3S. The molecule has 0 atom stereocenters. The first-order valence-corrected chi connectivity index (χ1v) is 7.57. The molecule has 0 amide bonds. The van der Waals surface area contributed by atoms with E-state index in [1.54, 1.807) is 6.92 Å². The van der Waals surface area contributed by atoms with Crippen molar-refractivity contribution in [2.75, 3.05) is 30.0 Å². The van der Waals surface area contributed by atoms with Crippen molar-refractivity contribution >= 4 is 15.5 Å². The third-order valence-corrected chi connectivity index (χ3v) is 4.06. The Morgan fingerprint density at radius 1 is 1.24 bits per heavy atom. The normalized spacial score (nSPS) is 11.2. The largest absolute Gasteiger partial charge is 0.492 e. The van der Waals surface area contributed by atoms with Crippen LogP contribution in [0.25, 0.3) is 0 Å². The standard InChI is InChI=1S/C12H19NO3S/c1-3-16-12-8-6-5-7-11(12)13-9-10-17(14,15)4-2/h5-8,13H,3-4,9-10H2,1-2H3. The van der Waals surface area contributed by atoms with E-state index < -0.39 is 9.84 Å². The Kier molecular flexibility index (Phi) is 5.28. The van der Waals surface area contributed by atoms with Gasteiger partial charge in [0.1, 0.15) is 5.75 Å². The van der Waals surface area contributed by atoms with E-state index in [0.717, 1.165) is 11.4 Å². The Morgan fingerprint density at radius 3 is 2.59 bits per heavy atom. The fourth-order valence-corrected chi connectivity index (χ4v) is 2.08. The van der Waals surface area contributed by atoms with Gasteiger partial charge in [-0.25, -0.2) is 8.42 Å². The number of nitrogens with one attached hydrogen (secondary N) is 1. The quantitative estimate of drug-likeness (QED) is 0.811. The van der Waals surface area contributed by atoms with Gasteiger partial charge in [-0.1, -0.05) is 19.1 Å². The first-order valence-electron chi connectivity index (χ1n) is 5.75. The lowest BCUT2D eigenvalue weighted by Crippen LogP contribution is -2.17. The van der Waals surface area contributed by atoms with Crippen LogP contribution in [0.1, 0.15) is 13.8 Å². The summed E-state index contributed by atoms with van der Waals surface area (Å²) >= 11 is 0. The summed E-state index contributed by atoms with van der Waals surface area (Å²) in [6.45, 7) is 4.56. The summed E-state index contributed by atoms with van der Waals surface area (Å²) < 4.78 is 28.1. The molecule has 0 aliphatic heterocycles. The summed E-state index contributed by atoms with van der Waals surface area (Å²) in [5.41, 5.74) is 0.834. The van der Waals surface area contributed by atoms with Crippen molar-refractivity contribution < 1.29 is 13.2 Å². The number of anilines is 1. The number of ether oxygens (including phenoxy) is 1. The van der Waals surface area contributed by atoms with Crippen molar-refractivity contribution in [3.05, 3.63) is 24.3 Å². The van der Waals surface area contributed by atoms with E-state index in [-0.39, 0.29) is 11.5 Å². The molecule has 0 saturated heterocycles. The molecule has 0 heterocycles. The van der Waals surface area contributed by atoms with Crippen LogP contribution in [-0.2, 0) is 9.84 Å². The van der Waals surface area contributed by atoms with Crippen molar-refractivity contribution in [3.8, 4) is 5.75 Å². The second-order valence-corrected chi connectivity index (χ2v) is 6.07.